The molecular formula is C16H22N2O2S3. The minimum Gasteiger partial charge on any atom is -0.295 e. The summed E-state index contributed by atoms with van der Waals surface area (Å²) in [6.07, 6.45) is 4.93. The second kappa shape index (κ2) is 7.90. The van der Waals surface area contributed by atoms with Gasteiger partial charge in [0, 0.05) is 12.6 Å². The molecule has 4 nitrogen and oxygen atoms in total. The lowest BCUT2D eigenvalue weighted by molar-refractivity contribution is 0.206. The van der Waals surface area contributed by atoms with Crippen LogP contribution in [0.4, 0.5) is 0 Å². The molecule has 2 aromatic rings. The average Bonchev–Trinajstić information content (AvgIpc) is 3.19. The molecule has 0 bridgehead atoms. The summed E-state index contributed by atoms with van der Waals surface area (Å²) in [5.41, 5.74) is 1.21. The zero-order valence-corrected chi connectivity index (χ0v) is 15.4. The standard InChI is InChI=1S/C16H22N2O2S3/c19-23(20,16-6-5-10-22-16)17-12-15(14-7-11-21-13-14)18-8-3-1-2-4-9-18/h5-7,10-11,13,15,17H,1-4,8-9,12H2/t15-/m0/s1. The second-order valence-electron chi connectivity index (χ2n) is 5.81. The molecule has 1 atom stereocenters. The van der Waals surface area contributed by atoms with Crippen molar-refractivity contribution in [2.75, 3.05) is 19.6 Å². The Morgan fingerprint density at radius 3 is 2.52 bits per heavy atom. The number of hydrogen-bond donors (Lipinski definition) is 1. The van der Waals surface area contributed by atoms with E-state index >= 15 is 0 Å². The largest absolute Gasteiger partial charge is 0.295 e. The highest BCUT2D eigenvalue weighted by molar-refractivity contribution is 7.91. The van der Waals surface area contributed by atoms with Crippen LogP contribution in [-0.4, -0.2) is 33.0 Å². The first-order valence-electron chi connectivity index (χ1n) is 7.96. The van der Waals surface area contributed by atoms with E-state index in [9.17, 15) is 8.42 Å². The molecule has 0 amide bonds. The van der Waals surface area contributed by atoms with Gasteiger partial charge < -0.3 is 0 Å². The van der Waals surface area contributed by atoms with Crippen molar-refractivity contribution in [2.24, 2.45) is 0 Å². The van der Waals surface area contributed by atoms with Gasteiger partial charge in [0.05, 0.1) is 0 Å². The summed E-state index contributed by atoms with van der Waals surface area (Å²) in [6.45, 7) is 2.51. The third kappa shape index (κ3) is 4.42. The topological polar surface area (TPSA) is 49.4 Å². The van der Waals surface area contributed by atoms with Crippen molar-refractivity contribution >= 4 is 32.7 Å². The molecule has 1 aliphatic heterocycles. The van der Waals surface area contributed by atoms with Gasteiger partial charge in [0.15, 0.2) is 0 Å². The van der Waals surface area contributed by atoms with Crippen LogP contribution in [0.15, 0.2) is 38.5 Å². The fourth-order valence-electron chi connectivity index (χ4n) is 3.01. The molecule has 0 unspecified atom stereocenters. The van der Waals surface area contributed by atoms with E-state index in [0.29, 0.717) is 10.8 Å². The summed E-state index contributed by atoms with van der Waals surface area (Å²) in [5.74, 6) is 0. The molecular weight excluding hydrogens is 348 g/mol. The molecule has 1 saturated heterocycles. The molecule has 23 heavy (non-hydrogen) atoms. The molecule has 0 saturated carbocycles. The number of likely N-dealkylation sites (tertiary alicyclic amines) is 1. The summed E-state index contributed by atoms with van der Waals surface area (Å²) >= 11 is 2.92. The summed E-state index contributed by atoms with van der Waals surface area (Å²) in [7, 11) is -3.41. The number of thiophene rings is 2. The van der Waals surface area contributed by atoms with Gasteiger partial charge in [-0.1, -0.05) is 18.9 Å². The Hall–Kier alpha value is -0.730. The molecule has 2 aromatic heterocycles. The Kier molecular flexibility index (Phi) is 5.87. The van der Waals surface area contributed by atoms with Crippen LogP contribution in [0.25, 0.3) is 0 Å². The van der Waals surface area contributed by atoms with E-state index in [4.69, 9.17) is 0 Å². The highest BCUT2D eigenvalue weighted by atomic mass is 32.2. The third-order valence-corrected chi connectivity index (χ3v) is 7.76. The van der Waals surface area contributed by atoms with Crippen LogP contribution in [0.1, 0.15) is 37.3 Å². The minimum atomic E-state index is -3.41. The van der Waals surface area contributed by atoms with Crippen molar-refractivity contribution in [3.8, 4) is 0 Å². The normalized spacial score (nSPS) is 18.6. The summed E-state index contributed by atoms with van der Waals surface area (Å²) in [5, 5.41) is 5.99. The van der Waals surface area contributed by atoms with E-state index in [2.05, 4.69) is 26.4 Å². The van der Waals surface area contributed by atoms with Gasteiger partial charge in [-0.2, -0.15) is 11.3 Å². The molecule has 1 aliphatic rings. The van der Waals surface area contributed by atoms with Gasteiger partial charge in [-0.25, -0.2) is 13.1 Å². The first-order chi connectivity index (χ1) is 11.2. The smallest absolute Gasteiger partial charge is 0.250 e. The van der Waals surface area contributed by atoms with Crippen LogP contribution in [0.5, 0.6) is 0 Å². The monoisotopic (exact) mass is 370 g/mol. The van der Waals surface area contributed by atoms with Gasteiger partial charge in [-0.15, -0.1) is 11.3 Å². The Labute approximate surface area is 146 Å². The van der Waals surface area contributed by atoms with Gasteiger partial charge >= 0.3 is 0 Å². The predicted molar refractivity (Wildman–Crippen MR) is 96.6 cm³/mol. The van der Waals surface area contributed by atoms with Crippen LogP contribution in [-0.2, 0) is 10.0 Å². The lowest BCUT2D eigenvalue weighted by Gasteiger charge is -2.30. The zero-order valence-electron chi connectivity index (χ0n) is 13.0. The van der Waals surface area contributed by atoms with Crippen LogP contribution in [0.3, 0.4) is 0 Å². The Morgan fingerprint density at radius 2 is 1.91 bits per heavy atom. The Balaban J connectivity index is 1.74. The quantitative estimate of drug-likeness (QED) is 0.843. The summed E-state index contributed by atoms with van der Waals surface area (Å²) in [6, 6.07) is 5.65. The van der Waals surface area contributed by atoms with Gasteiger partial charge in [0.1, 0.15) is 4.21 Å². The molecule has 1 fully saturated rings. The van der Waals surface area contributed by atoms with E-state index in [0.717, 1.165) is 13.1 Å². The number of nitrogens with one attached hydrogen (secondary N) is 1. The molecule has 0 radical (unpaired) electrons. The van der Waals surface area contributed by atoms with E-state index in [1.807, 2.05) is 0 Å². The fourth-order valence-corrected chi connectivity index (χ4v) is 5.79. The average molecular weight is 371 g/mol. The van der Waals surface area contributed by atoms with Crippen molar-refractivity contribution in [1.29, 1.82) is 0 Å². The number of hydrogen-bond acceptors (Lipinski definition) is 5. The van der Waals surface area contributed by atoms with Gasteiger partial charge in [-0.3, -0.25) is 4.90 Å². The first kappa shape index (κ1) is 17.1. The van der Waals surface area contributed by atoms with Crippen molar-refractivity contribution in [2.45, 2.75) is 35.9 Å². The lowest BCUT2D eigenvalue weighted by atomic mass is 10.1. The van der Waals surface area contributed by atoms with Crippen LogP contribution < -0.4 is 4.72 Å². The molecule has 0 spiro atoms. The molecule has 126 valence electrons. The molecule has 3 heterocycles. The first-order valence-corrected chi connectivity index (χ1v) is 11.3. The summed E-state index contributed by atoms with van der Waals surface area (Å²) in [4.78, 5) is 2.44. The van der Waals surface area contributed by atoms with Crippen molar-refractivity contribution < 1.29 is 8.42 Å². The SMILES string of the molecule is O=S(=O)(NC[C@@H](c1ccsc1)N1CCCCCC1)c1cccs1. The molecule has 3 rings (SSSR count). The van der Waals surface area contributed by atoms with E-state index in [1.54, 1.807) is 28.8 Å². The molecule has 0 aliphatic carbocycles. The third-order valence-electron chi connectivity index (χ3n) is 4.24. The highest BCUT2D eigenvalue weighted by Crippen LogP contribution is 2.26. The zero-order chi connectivity index (χ0) is 16.1. The summed E-state index contributed by atoms with van der Waals surface area (Å²) < 4.78 is 28.0. The molecule has 7 heteroatoms. The van der Waals surface area contributed by atoms with Crippen LogP contribution >= 0.6 is 22.7 Å². The van der Waals surface area contributed by atoms with Gasteiger partial charge in [0.2, 0.25) is 10.0 Å². The van der Waals surface area contributed by atoms with Crippen molar-refractivity contribution in [1.82, 2.24) is 9.62 Å². The second-order valence-corrected chi connectivity index (χ2v) is 9.53. The maximum atomic E-state index is 12.4. The Morgan fingerprint density at radius 1 is 1.13 bits per heavy atom. The molecule has 1 N–H and O–H groups in total. The van der Waals surface area contributed by atoms with E-state index in [-0.39, 0.29) is 6.04 Å². The number of sulfonamides is 1. The minimum absolute atomic E-state index is 0.120. The maximum absolute atomic E-state index is 12.4. The Bertz CT molecular complexity index is 673. The van der Waals surface area contributed by atoms with Crippen molar-refractivity contribution in [3.05, 3.63) is 39.9 Å². The number of rotatable bonds is 6. The molecule has 0 aromatic carbocycles. The fraction of sp³-hybridized carbons (Fsp3) is 0.500. The lowest BCUT2D eigenvalue weighted by Crippen LogP contribution is -2.38. The van der Waals surface area contributed by atoms with Gasteiger partial charge in [0.25, 0.3) is 0 Å². The van der Waals surface area contributed by atoms with Crippen LogP contribution in [0.2, 0.25) is 0 Å². The van der Waals surface area contributed by atoms with Gasteiger partial charge in [-0.05, 0) is 59.8 Å². The van der Waals surface area contributed by atoms with Crippen LogP contribution in [0, 0.1) is 0 Å². The maximum Gasteiger partial charge on any atom is 0.250 e. The number of nitrogens with zero attached hydrogens (tertiary/aromatic N) is 1. The van der Waals surface area contributed by atoms with E-state index in [1.165, 1.54) is 42.6 Å². The van der Waals surface area contributed by atoms with Crippen molar-refractivity contribution in [3.63, 3.8) is 0 Å². The highest BCUT2D eigenvalue weighted by Gasteiger charge is 2.24. The predicted octanol–water partition coefficient (Wildman–Crippen LogP) is 3.71. The van der Waals surface area contributed by atoms with E-state index < -0.39 is 10.0 Å².